The van der Waals surface area contributed by atoms with Crippen LogP contribution in [-0.2, 0) is 10.9 Å². The highest BCUT2D eigenvalue weighted by atomic mass is 19.4. The van der Waals surface area contributed by atoms with Crippen LogP contribution >= 0.6 is 0 Å². The summed E-state index contributed by atoms with van der Waals surface area (Å²) in [4.78, 5) is 10.3. The van der Waals surface area contributed by atoms with Gasteiger partial charge in [-0.3, -0.25) is 0 Å². The van der Waals surface area contributed by atoms with Crippen LogP contribution in [0.4, 0.5) is 29.3 Å². The largest absolute Gasteiger partial charge is 0.448 e. The molecule has 8 heteroatoms. The molecule has 0 bridgehead atoms. The van der Waals surface area contributed by atoms with Crippen molar-refractivity contribution in [2.45, 2.75) is 6.18 Å². The summed E-state index contributed by atoms with van der Waals surface area (Å²) in [6, 6.07) is 3.38. The fraction of sp³-hybridized carbons (Fsp3) is 0.300. The summed E-state index contributed by atoms with van der Waals surface area (Å²) in [6.45, 7) is -0.118. The predicted octanol–water partition coefficient (Wildman–Crippen LogP) is 1.79. The lowest BCUT2D eigenvalue weighted by Gasteiger charge is -2.15. The average Bonchev–Trinajstić information content (AvgIpc) is 2.24. The zero-order valence-electron chi connectivity index (χ0n) is 9.25. The molecule has 18 heavy (non-hydrogen) atoms. The molecular weight excluding hydrogens is 251 g/mol. The second-order valence-corrected chi connectivity index (χ2v) is 3.40. The number of hydrogen-bond donors (Lipinski definition) is 3. The molecule has 0 saturated carbocycles. The fourth-order valence-corrected chi connectivity index (χ4v) is 1.29. The molecule has 100 valence electrons. The first kappa shape index (κ1) is 13.9. The molecule has 0 aliphatic rings. The van der Waals surface area contributed by atoms with Gasteiger partial charge in [0.2, 0.25) is 0 Å². The highest BCUT2D eigenvalue weighted by Crippen LogP contribution is 2.35. The van der Waals surface area contributed by atoms with Gasteiger partial charge in [0.1, 0.15) is 6.61 Å². The Balaban J connectivity index is 2.73. The van der Waals surface area contributed by atoms with Crippen molar-refractivity contribution in [2.24, 2.45) is 5.73 Å². The van der Waals surface area contributed by atoms with Crippen molar-refractivity contribution >= 4 is 17.5 Å². The van der Waals surface area contributed by atoms with Gasteiger partial charge in [0, 0.05) is 17.9 Å². The first-order chi connectivity index (χ1) is 8.30. The van der Waals surface area contributed by atoms with E-state index < -0.39 is 17.8 Å². The minimum absolute atomic E-state index is 0.00986. The van der Waals surface area contributed by atoms with Crippen LogP contribution in [0, 0.1) is 0 Å². The molecule has 5 N–H and O–H groups in total. The van der Waals surface area contributed by atoms with E-state index in [4.69, 9.17) is 11.5 Å². The van der Waals surface area contributed by atoms with E-state index in [0.717, 1.165) is 6.07 Å². The summed E-state index contributed by atoms with van der Waals surface area (Å²) in [5.41, 5.74) is 9.02. The first-order valence-corrected chi connectivity index (χ1v) is 4.93. The number of hydrogen-bond acceptors (Lipinski definition) is 4. The number of primary amides is 1. The summed E-state index contributed by atoms with van der Waals surface area (Å²) in [5.74, 6) is 0. The van der Waals surface area contributed by atoms with Gasteiger partial charge in [0.05, 0.1) is 5.56 Å². The van der Waals surface area contributed by atoms with Crippen LogP contribution in [0.15, 0.2) is 18.2 Å². The topological polar surface area (TPSA) is 90.4 Å². The summed E-state index contributed by atoms with van der Waals surface area (Å²) < 4.78 is 42.4. The summed E-state index contributed by atoms with van der Waals surface area (Å²) in [5, 5.41) is 2.49. The molecule has 0 aliphatic heterocycles. The Labute approximate surface area is 101 Å². The lowest BCUT2D eigenvalue weighted by molar-refractivity contribution is -0.136. The lowest BCUT2D eigenvalue weighted by atomic mass is 10.1. The van der Waals surface area contributed by atoms with Gasteiger partial charge in [-0.2, -0.15) is 13.2 Å². The monoisotopic (exact) mass is 263 g/mol. The molecule has 0 unspecified atom stereocenters. The van der Waals surface area contributed by atoms with E-state index in [1.807, 2.05) is 0 Å². The first-order valence-electron chi connectivity index (χ1n) is 4.93. The molecule has 0 fully saturated rings. The van der Waals surface area contributed by atoms with Crippen LogP contribution in [0.25, 0.3) is 0 Å². The molecule has 1 aromatic rings. The van der Waals surface area contributed by atoms with E-state index in [0.29, 0.717) is 0 Å². The van der Waals surface area contributed by atoms with E-state index in [1.54, 1.807) is 0 Å². The molecular formula is C10H12F3N3O2. The molecule has 0 heterocycles. The highest BCUT2D eigenvalue weighted by Gasteiger charge is 2.33. The van der Waals surface area contributed by atoms with Crippen LogP contribution in [-0.4, -0.2) is 19.2 Å². The van der Waals surface area contributed by atoms with Gasteiger partial charge < -0.3 is 21.5 Å². The fourth-order valence-electron chi connectivity index (χ4n) is 1.29. The number of alkyl halides is 3. The summed E-state index contributed by atoms with van der Waals surface area (Å²) in [6.07, 6.45) is -5.49. The Kier molecular flexibility index (Phi) is 4.24. The Morgan fingerprint density at radius 2 is 2.06 bits per heavy atom. The van der Waals surface area contributed by atoms with E-state index >= 15 is 0 Å². The normalized spacial score (nSPS) is 11.1. The summed E-state index contributed by atoms with van der Waals surface area (Å²) in [7, 11) is 0. The van der Waals surface area contributed by atoms with Crippen LogP contribution in [0.1, 0.15) is 5.56 Å². The van der Waals surface area contributed by atoms with Crippen LogP contribution in [0.3, 0.4) is 0 Å². The zero-order valence-corrected chi connectivity index (χ0v) is 9.25. The van der Waals surface area contributed by atoms with Gasteiger partial charge in [-0.15, -0.1) is 0 Å². The second kappa shape index (κ2) is 5.48. The maximum atomic E-state index is 12.7. The number of nitrogens with one attached hydrogen (secondary N) is 1. The number of anilines is 2. The third-order valence-corrected chi connectivity index (χ3v) is 2.01. The maximum Gasteiger partial charge on any atom is 0.418 e. The standard InChI is InChI=1S/C10H12F3N3O2/c11-10(12,13)7-5-6(14)1-2-8(7)16-3-4-18-9(15)17/h1-2,5,16H,3-4,14H2,(H2,15,17). The molecule has 1 aromatic carbocycles. The van der Waals surface area contributed by atoms with E-state index in [1.165, 1.54) is 12.1 Å². The van der Waals surface area contributed by atoms with Gasteiger partial charge in [-0.1, -0.05) is 0 Å². The SMILES string of the molecule is NC(=O)OCCNc1ccc(N)cc1C(F)(F)F. The molecule has 5 nitrogen and oxygen atoms in total. The number of carbonyl (C=O) groups is 1. The van der Waals surface area contributed by atoms with E-state index in [2.05, 4.69) is 10.1 Å². The molecule has 0 aromatic heterocycles. The minimum Gasteiger partial charge on any atom is -0.448 e. The van der Waals surface area contributed by atoms with Gasteiger partial charge in [-0.25, -0.2) is 4.79 Å². The van der Waals surface area contributed by atoms with Crippen molar-refractivity contribution in [3.05, 3.63) is 23.8 Å². The highest BCUT2D eigenvalue weighted by molar-refractivity contribution is 5.64. The number of nitrogens with two attached hydrogens (primary N) is 2. The summed E-state index contributed by atoms with van der Waals surface area (Å²) >= 11 is 0. The number of amides is 1. The van der Waals surface area contributed by atoms with Crippen molar-refractivity contribution in [2.75, 3.05) is 24.2 Å². The van der Waals surface area contributed by atoms with E-state index in [9.17, 15) is 18.0 Å². The minimum atomic E-state index is -4.51. The molecule has 0 atom stereocenters. The number of ether oxygens (including phenoxy) is 1. The number of benzene rings is 1. The van der Waals surface area contributed by atoms with Crippen LogP contribution < -0.4 is 16.8 Å². The Bertz CT molecular complexity index is 435. The van der Waals surface area contributed by atoms with Gasteiger partial charge >= 0.3 is 12.3 Å². The third-order valence-electron chi connectivity index (χ3n) is 2.01. The van der Waals surface area contributed by atoms with Crippen molar-refractivity contribution < 1.29 is 22.7 Å². The zero-order chi connectivity index (χ0) is 13.8. The molecule has 0 spiro atoms. The quantitative estimate of drug-likeness (QED) is 0.570. The molecule has 1 rings (SSSR count). The maximum absolute atomic E-state index is 12.7. The molecule has 1 amide bonds. The smallest absolute Gasteiger partial charge is 0.418 e. The predicted molar refractivity (Wildman–Crippen MR) is 59.9 cm³/mol. The van der Waals surface area contributed by atoms with Crippen molar-refractivity contribution in [1.82, 2.24) is 0 Å². The number of carbonyl (C=O) groups excluding carboxylic acids is 1. The van der Waals surface area contributed by atoms with Crippen LogP contribution in [0.2, 0.25) is 0 Å². The Hall–Kier alpha value is -2.12. The number of rotatable bonds is 4. The third kappa shape index (κ3) is 4.04. The lowest BCUT2D eigenvalue weighted by Crippen LogP contribution is -2.19. The Morgan fingerprint density at radius 3 is 2.61 bits per heavy atom. The average molecular weight is 263 g/mol. The Morgan fingerprint density at radius 1 is 1.39 bits per heavy atom. The second-order valence-electron chi connectivity index (χ2n) is 3.40. The van der Waals surface area contributed by atoms with Gasteiger partial charge in [0.25, 0.3) is 0 Å². The molecule has 0 radical (unpaired) electrons. The van der Waals surface area contributed by atoms with Gasteiger partial charge in [0.15, 0.2) is 0 Å². The van der Waals surface area contributed by atoms with Gasteiger partial charge in [-0.05, 0) is 18.2 Å². The van der Waals surface area contributed by atoms with Crippen molar-refractivity contribution in [3.8, 4) is 0 Å². The van der Waals surface area contributed by atoms with Crippen LogP contribution in [0.5, 0.6) is 0 Å². The molecule has 0 saturated heterocycles. The van der Waals surface area contributed by atoms with Crippen molar-refractivity contribution in [3.63, 3.8) is 0 Å². The number of halogens is 3. The number of nitrogen functional groups attached to an aromatic ring is 1. The molecule has 0 aliphatic carbocycles. The van der Waals surface area contributed by atoms with Crippen molar-refractivity contribution in [1.29, 1.82) is 0 Å². The van der Waals surface area contributed by atoms with E-state index in [-0.39, 0.29) is 24.5 Å².